The van der Waals surface area contributed by atoms with Crippen LogP contribution in [0.15, 0.2) is 53.8 Å². The predicted molar refractivity (Wildman–Crippen MR) is 120 cm³/mol. The van der Waals surface area contributed by atoms with Gasteiger partial charge in [0.2, 0.25) is 10.0 Å². The van der Waals surface area contributed by atoms with E-state index >= 15 is 0 Å². The molecule has 2 aromatic heterocycles. The topological polar surface area (TPSA) is 127 Å². The SMILES string of the molecule is Cc1ccnc(Nc2cc(NCCNS(=O)(=O)c3ccc4c(c3)OCCCO4)ncn2)c1. The first kappa shape index (κ1) is 21.8. The zero-order valence-electron chi connectivity index (χ0n) is 17.5. The summed E-state index contributed by atoms with van der Waals surface area (Å²) in [5.41, 5.74) is 1.08. The lowest BCUT2D eigenvalue weighted by atomic mass is 10.3. The van der Waals surface area contributed by atoms with Crippen molar-refractivity contribution in [2.45, 2.75) is 18.2 Å². The van der Waals surface area contributed by atoms with Gasteiger partial charge in [-0.3, -0.25) is 0 Å². The van der Waals surface area contributed by atoms with Gasteiger partial charge < -0.3 is 20.1 Å². The second-order valence-electron chi connectivity index (χ2n) is 7.12. The van der Waals surface area contributed by atoms with E-state index in [1.54, 1.807) is 18.3 Å². The molecule has 10 nitrogen and oxygen atoms in total. The number of benzene rings is 1. The highest BCUT2D eigenvalue weighted by atomic mass is 32.2. The second kappa shape index (κ2) is 9.79. The van der Waals surface area contributed by atoms with Gasteiger partial charge in [0, 0.05) is 37.8 Å². The highest BCUT2D eigenvalue weighted by Crippen LogP contribution is 2.31. The molecule has 168 valence electrons. The number of sulfonamides is 1. The number of nitrogens with zero attached hydrogens (tertiary/aromatic N) is 3. The first-order chi connectivity index (χ1) is 15.5. The Bertz CT molecular complexity index is 1190. The monoisotopic (exact) mass is 456 g/mol. The van der Waals surface area contributed by atoms with E-state index in [9.17, 15) is 8.42 Å². The number of aryl methyl sites for hydroxylation is 1. The number of nitrogens with one attached hydrogen (secondary N) is 3. The first-order valence-corrected chi connectivity index (χ1v) is 11.6. The first-order valence-electron chi connectivity index (χ1n) is 10.1. The molecule has 3 N–H and O–H groups in total. The van der Waals surface area contributed by atoms with E-state index in [1.165, 1.54) is 18.5 Å². The number of fused-ring (bicyclic) bond motifs is 1. The average Bonchev–Trinajstić information content (AvgIpc) is 3.02. The molecule has 3 aromatic rings. The minimum atomic E-state index is -3.69. The Labute approximate surface area is 186 Å². The third-order valence-electron chi connectivity index (χ3n) is 4.59. The maximum Gasteiger partial charge on any atom is 0.240 e. The molecule has 0 atom stereocenters. The van der Waals surface area contributed by atoms with Gasteiger partial charge in [0.15, 0.2) is 11.5 Å². The van der Waals surface area contributed by atoms with Crippen LogP contribution in [0.1, 0.15) is 12.0 Å². The van der Waals surface area contributed by atoms with Gasteiger partial charge in [0.1, 0.15) is 23.8 Å². The molecular formula is C21H24N6O4S. The largest absolute Gasteiger partial charge is 0.490 e. The minimum absolute atomic E-state index is 0.126. The molecule has 0 saturated heterocycles. The van der Waals surface area contributed by atoms with Crippen molar-refractivity contribution in [2.75, 3.05) is 36.9 Å². The number of pyridine rings is 1. The number of hydrogen-bond donors (Lipinski definition) is 3. The molecule has 11 heteroatoms. The summed E-state index contributed by atoms with van der Waals surface area (Å²) in [7, 11) is -3.69. The van der Waals surface area contributed by atoms with Crippen LogP contribution in [-0.4, -0.2) is 49.7 Å². The van der Waals surface area contributed by atoms with Gasteiger partial charge in [-0.2, -0.15) is 0 Å². The molecule has 0 fully saturated rings. The van der Waals surface area contributed by atoms with E-state index in [-0.39, 0.29) is 11.4 Å². The molecule has 0 spiro atoms. The molecule has 4 rings (SSSR count). The molecule has 0 amide bonds. The third-order valence-corrected chi connectivity index (χ3v) is 6.05. The summed E-state index contributed by atoms with van der Waals surface area (Å²) < 4.78 is 38.9. The predicted octanol–water partition coefficient (Wildman–Crippen LogP) is 2.48. The molecule has 32 heavy (non-hydrogen) atoms. The summed E-state index contributed by atoms with van der Waals surface area (Å²) in [6.07, 6.45) is 3.89. The summed E-state index contributed by atoms with van der Waals surface area (Å²) in [6, 6.07) is 10.1. The van der Waals surface area contributed by atoms with E-state index in [4.69, 9.17) is 9.47 Å². The number of anilines is 3. The number of aromatic nitrogens is 3. The van der Waals surface area contributed by atoms with Crippen LogP contribution in [0, 0.1) is 6.92 Å². The van der Waals surface area contributed by atoms with E-state index < -0.39 is 10.0 Å². The highest BCUT2D eigenvalue weighted by molar-refractivity contribution is 7.89. The standard InChI is InChI=1S/C21H24N6O4S/c1-15-5-6-22-20(11-15)27-21-13-19(24-14-25-21)23-7-8-26-32(28,29)16-3-4-17-18(12-16)31-10-2-9-30-17/h3-6,11-14,26H,2,7-10H2,1H3,(H2,22,23,24,25,27). The Morgan fingerprint density at radius 2 is 1.69 bits per heavy atom. The molecule has 0 unspecified atom stereocenters. The maximum absolute atomic E-state index is 12.6. The lowest BCUT2D eigenvalue weighted by Crippen LogP contribution is -2.29. The fourth-order valence-electron chi connectivity index (χ4n) is 3.03. The van der Waals surface area contributed by atoms with Crippen LogP contribution < -0.4 is 24.8 Å². The van der Waals surface area contributed by atoms with E-state index in [2.05, 4.69) is 30.3 Å². The fourth-order valence-corrected chi connectivity index (χ4v) is 4.07. The summed E-state index contributed by atoms with van der Waals surface area (Å²) >= 11 is 0. The van der Waals surface area contributed by atoms with Crippen molar-refractivity contribution in [1.29, 1.82) is 0 Å². The van der Waals surface area contributed by atoms with Crippen LogP contribution >= 0.6 is 0 Å². The molecule has 0 saturated carbocycles. The molecule has 0 bridgehead atoms. The Morgan fingerprint density at radius 3 is 2.53 bits per heavy atom. The van der Waals surface area contributed by atoms with Gasteiger partial charge >= 0.3 is 0 Å². The van der Waals surface area contributed by atoms with Crippen LogP contribution in [-0.2, 0) is 10.0 Å². The van der Waals surface area contributed by atoms with Crippen molar-refractivity contribution in [1.82, 2.24) is 19.7 Å². The van der Waals surface area contributed by atoms with Crippen molar-refractivity contribution in [3.05, 3.63) is 54.5 Å². The summed E-state index contributed by atoms with van der Waals surface area (Å²) in [5.74, 6) is 2.81. The Morgan fingerprint density at radius 1 is 0.906 bits per heavy atom. The summed E-state index contributed by atoms with van der Waals surface area (Å²) in [5, 5.41) is 6.20. The Hall–Kier alpha value is -3.44. The number of hydrogen-bond acceptors (Lipinski definition) is 9. The number of ether oxygens (including phenoxy) is 2. The molecule has 1 aliphatic rings. The third kappa shape index (κ3) is 5.62. The Balaban J connectivity index is 1.31. The molecule has 1 aromatic carbocycles. The van der Waals surface area contributed by atoms with Crippen molar-refractivity contribution in [3.63, 3.8) is 0 Å². The smallest absolute Gasteiger partial charge is 0.240 e. The number of rotatable bonds is 8. The van der Waals surface area contributed by atoms with Gasteiger partial charge in [0.25, 0.3) is 0 Å². The van der Waals surface area contributed by atoms with Crippen LogP contribution in [0.25, 0.3) is 0 Å². The van der Waals surface area contributed by atoms with Crippen molar-refractivity contribution >= 4 is 27.5 Å². The zero-order chi connectivity index (χ0) is 22.4. The van der Waals surface area contributed by atoms with Gasteiger partial charge in [-0.25, -0.2) is 28.1 Å². The molecular weight excluding hydrogens is 432 g/mol. The van der Waals surface area contributed by atoms with Crippen LogP contribution in [0.4, 0.5) is 17.5 Å². The summed E-state index contributed by atoms with van der Waals surface area (Å²) in [6.45, 7) is 3.52. The maximum atomic E-state index is 12.6. The lowest BCUT2D eigenvalue weighted by molar-refractivity contribution is 0.297. The minimum Gasteiger partial charge on any atom is -0.490 e. The van der Waals surface area contributed by atoms with Crippen molar-refractivity contribution in [2.24, 2.45) is 0 Å². The lowest BCUT2D eigenvalue weighted by Gasteiger charge is -2.12. The molecule has 0 radical (unpaired) electrons. The van der Waals surface area contributed by atoms with Crippen molar-refractivity contribution < 1.29 is 17.9 Å². The van der Waals surface area contributed by atoms with E-state index in [0.717, 1.165) is 12.0 Å². The quantitative estimate of drug-likeness (QED) is 0.438. The highest BCUT2D eigenvalue weighted by Gasteiger charge is 2.18. The van der Waals surface area contributed by atoms with Crippen molar-refractivity contribution in [3.8, 4) is 11.5 Å². The fraction of sp³-hybridized carbons (Fsp3) is 0.286. The molecule has 1 aliphatic heterocycles. The summed E-state index contributed by atoms with van der Waals surface area (Å²) in [4.78, 5) is 12.7. The van der Waals surface area contributed by atoms with Gasteiger partial charge in [0.05, 0.1) is 18.1 Å². The Kier molecular flexibility index (Phi) is 6.66. The van der Waals surface area contributed by atoms with Gasteiger partial charge in [-0.15, -0.1) is 0 Å². The van der Waals surface area contributed by atoms with Gasteiger partial charge in [-0.1, -0.05) is 0 Å². The van der Waals surface area contributed by atoms with Crippen LogP contribution in [0.3, 0.4) is 0 Å². The normalized spacial score (nSPS) is 13.3. The average molecular weight is 457 g/mol. The second-order valence-corrected chi connectivity index (χ2v) is 8.88. The molecule has 3 heterocycles. The van der Waals surface area contributed by atoms with E-state index in [1.807, 2.05) is 19.1 Å². The molecule has 0 aliphatic carbocycles. The van der Waals surface area contributed by atoms with Crippen LogP contribution in [0.5, 0.6) is 11.5 Å². The van der Waals surface area contributed by atoms with E-state index in [0.29, 0.717) is 48.7 Å². The zero-order valence-corrected chi connectivity index (χ0v) is 18.4. The van der Waals surface area contributed by atoms with Crippen LogP contribution in [0.2, 0.25) is 0 Å². The van der Waals surface area contributed by atoms with Gasteiger partial charge in [-0.05, 0) is 36.8 Å².